The highest BCUT2D eigenvalue weighted by molar-refractivity contribution is 7.89. The summed E-state index contributed by atoms with van der Waals surface area (Å²) in [6.45, 7) is -0.130. The zero-order valence-corrected chi connectivity index (χ0v) is 17.5. The van der Waals surface area contributed by atoms with Gasteiger partial charge in [-0.2, -0.15) is 22.6 Å². The van der Waals surface area contributed by atoms with Gasteiger partial charge in [-0.25, -0.2) is 8.42 Å². The van der Waals surface area contributed by atoms with Crippen LogP contribution in [0, 0.1) is 0 Å². The van der Waals surface area contributed by atoms with Crippen molar-refractivity contribution in [3.05, 3.63) is 71.9 Å². The maximum atomic E-state index is 13.3. The van der Waals surface area contributed by atoms with Gasteiger partial charge in [-0.1, -0.05) is 42.5 Å². The molecule has 1 N–H and O–H groups in total. The van der Waals surface area contributed by atoms with E-state index in [-0.39, 0.29) is 32.1 Å². The summed E-state index contributed by atoms with van der Waals surface area (Å²) >= 11 is 0. The minimum absolute atomic E-state index is 0.0473. The van der Waals surface area contributed by atoms with Gasteiger partial charge in [-0.3, -0.25) is 9.89 Å². The first kappa shape index (κ1) is 22.0. The SMILES string of the molecule is O=C(c1cn[nH]c1-c1ccccc1)N1CCN(S(=O)(=O)c2ccccc2C(F)(F)F)CC1. The number of rotatable bonds is 4. The number of benzene rings is 2. The van der Waals surface area contributed by atoms with Crippen LogP contribution in [0.25, 0.3) is 11.3 Å². The Balaban J connectivity index is 1.51. The minimum Gasteiger partial charge on any atom is -0.336 e. The fraction of sp³-hybridized carbons (Fsp3) is 0.238. The van der Waals surface area contributed by atoms with Gasteiger partial charge < -0.3 is 4.90 Å². The molecule has 1 saturated heterocycles. The maximum Gasteiger partial charge on any atom is 0.417 e. The number of amides is 1. The molecule has 4 rings (SSSR count). The van der Waals surface area contributed by atoms with Gasteiger partial charge >= 0.3 is 6.18 Å². The smallest absolute Gasteiger partial charge is 0.336 e. The largest absolute Gasteiger partial charge is 0.417 e. The number of alkyl halides is 3. The molecule has 1 aromatic heterocycles. The molecule has 0 atom stereocenters. The molecule has 2 aromatic carbocycles. The molecular weight excluding hydrogens is 445 g/mol. The number of carbonyl (C=O) groups is 1. The predicted molar refractivity (Wildman–Crippen MR) is 110 cm³/mol. The summed E-state index contributed by atoms with van der Waals surface area (Å²) in [5, 5.41) is 6.76. The van der Waals surface area contributed by atoms with Gasteiger partial charge in [0.1, 0.15) is 0 Å². The number of piperazine rings is 1. The van der Waals surface area contributed by atoms with E-state index in [1.807, 2.05) is 30.3 Å². The van der Waals surface area contributed by atoms with Crippen molar-refractivity contribution in [2.75, 3.05) is 26.2 Å². The van der Waals surface area contributed by atoms with Gasteiger partial charge in [0.15, 0.2) is 0 Å². The second-order valence-electron chi connectivity index (χ2n) is 7.21. The number of sulfonamides is 1. The van der Waals surface area contributed by atoms with Crippen molar-refractivity contribution in [1.82, 2.24) is 19.4 Å². The van der Waals surface area contributed by atoms with Gasteiger partial charge in [0.05, 0.1) is 27.9 Å². The van der Waals surface area contributed by atoms with E-state index in [0.29, 0.717) is 11.3 Å². The zero-order chi connectivity index (χ0) is 22.9. The van der Waals surface area contributed by atoms with Gasteiger partial charge in [-0.15, -0.1) is 0 Å². The molecule has 1 aliphatic heterocycles. The first-order valence-corrected chi connectivity index (χ1v) is 11.2. The second kappa shape index (κ2) is 8.40. The fourth-order valence-electron chi connectivity index (χ4n) is 3.64. The van der Waals surface area contributed by atoms with Crippen molar-refractivity contribution < 1.29 is 26.4 Å². The third kappa shape index (κ3) is 4.13. The van der Waals surface area contributed by atoms with Crippen LogP contribution in [0.5, 0.6) is 0 Å². The molecule has 1 aliphatic rings. The lowest BCUT2D eigenvalue weighted by Gasteiger charge is -2.34. The number of H-pyrrole nitrogens is 1. The molecule has 0 spiro atoms. The molecule has 1 fully saturated rings. The standard InChI is InChI=1S/C21H19F3N4O3S/c22-21(23,24)17-8-4-5-9-18(17)32(30,31)28-12-10-27(11-13-28)20(29)16-14-25-26-19(16)15-6-2-1-3-7-15/h1-9,14H,10-13H2,(H,25,26). The van der Waals surface area contributed by atoms with Crippen molar-refractivity contribution >= 4 is 15.9 Å². The van der Waals surface area contributed by atoms with Crippen molar-refractivity contribution in [2.24, 2.45) is 0 Å². The molecule has 11 heteroatoms. The Morgan fingerprint density at radius 3 is 2.22 bits per heavy atom. The van der Waals surface area contributed by atoms with Crippen LogP contribution in [-0.2, 0) is 16.2 Å². The number of nitrogens with zero attached hydrogens (tertiary/aromatic N) is 3. The third-order valence-corrected chi connectivity index (χ3v) is 7.23. The van der Waals surface area contributed by atoms with E-state index < -0.39 is 26.7 Å². The molecule has 3 aromatic rings. The Kier molecular flexibility index (Phi) is 5.78. The highest BCUT2D eigenvalue weighted by atomic mass is 32.2. The van der Waals surface area contributed by atoms with Crippen LogP contribution < -0.4 is 0 Å². The third-order valence-electron chi connectivity index (χ3n) is 5.27. The van der Waals surface area contributed by atoms with E-state index >= 15 is 0 Å². The maximum absolute atomic E-state index is 13.3. The summed E-state index contributed by atoms with van der Waals surface area (Å²) in [6.07, 6.45) is -3.38. The van der Waals surface area contributed by atoms with Gasteiger partial charge in [0.25, 0.3) is 5.91 Å². The Labute approximate surface area is 182 Å². The molecule has 0 aliphatic carbocycles. The number of nitrogens with one attached hydrogen (secondary N) is 1. The summed E-state index contributed by atoms with van der Waals surface area (Å²) in [5.41, 5.74) is 0.461. The van der Waals surface area contributed by atoms with Crippen molar-refractivity contribution in [3.8, 4) is 11.3 Å². The summed E-state index contributed by atoms with van der Waals surface area (Å²) in [4.78, 5) is 13.7. The summed E-state index contributed by atoms with van der Waals surface area (Å²) in [6, 6.07) is 13.3. The quantitative estimate of drug-likeness (QED) is 0.642. The molecule has 2 heterocycles. The second-order valence-corrected chi connectivity index (χ2v) is 9.12. The summed E-state index contributed by atoms with van der Waals surface area (Å²) in [5.74, 6) is -0.328. The topological polar surface area (TPSA) is 86.4 Å². The Bertz CT molecular complexity index is 1220. The number of aromatic nitrogens is 2. The highest BCUT2D eigenvalue weighted by Crippen LogP contribution is 2.35. The van der Waals surface area contributed by atoms with Crippen molar-refractivity contribution in [2.45, 2.75) is 11.1 Å². The zero-order valence-electron chi connectivity index (χ0n) is 16.7. The molecule has 0 radical (unpaired) electrons. The van der Waals surface area contributed by atoms with Crippen LogP contribution in [0.3, 0.4) is 0 Å². The lowest BCUT2D eigenvalue weighted by Crippen LogP contribution is -2.50. The molecule has 32 heavy (non-hydrogen) atoms. The van der Waals surface area contributed by atoms with Crippen LogP contribution in [0.1, 0.15) is 15.9 Å². The Morgan fingerprint density at radius 1 is 0.938 bits per heavy atom. The molecule has 168 valence electrons. The van der Waals surface area contributed by atoms with Gasteiger partial charge in [0.2, 0.25) is 10.0 Å². The number of carbonyl (C=O) groups excluding carboxylic acids is 1. The van der Waals surface area contributed by atoms with E-state index in [1.54, 1.807) is 0 Å². The van der Waals surface area contributed by atoms with Crippen LogP contribution in [0.15, 0.2) is 65.7 Å². The molecule has 1 amide bonds. The number of aromatic amines is 1. The fourth-order valence-corrected chi connectivity index (χ4v) is 5.27. The first-order valence-electron chi connectivity index (χ1n) is 9.74. The first-order chi connectivity index (χ1) is 15.2. The van der Waals surface area contributed by atoms with Crippen LogP contribution in [-0.4, -0.2) is 59.9 Å². The minimum atomic E-state index is -4.80. The Morgan fingerprint density at radius 2 is 1.56 bits per heavy atom. The average molecular weight is 464 g/mol. The van der Waals surface area contributed by atoms with E-state index in [9.17, 15) is 26.4 Å². The summed E-state index contributed by atoms with van der Waals surface area (Å²) in [7, 11) is -4.37. The van der Waals surface area contributed by atoms with Crippen molar-refractivity contribution in [3.63, 3.8) is 0 Å². The molecule has 0 saturated carbocycles. The number of hydrogen-bond donors (Lipinski definition) is 1. The normalized spacial score (nSPS) is 15.7. The van der Waals surface area contributed by atoms with E-state index in [1.165, 1.54) is 17.2 Å². The van der Waals surface area contributed by atoms with E-state index in [2.05, 4.69) is 10.2 Å². The molecule has 7 nitrogen and oxygen atoms in total. The molecule has 0 bridgehead atoms. The van der Waals surface area contributed by atoms with Crippen LogP contribution in [0.2, 0.25) is 0 Å². The monoisotopic (exact) mass is 464 g/mol. The highest BCUT2D eigenvalue weighted by Gasteiger charge is 2.40. The molecule has 0 unspecified atom stereocenters. The van der Waals surface area contributed by atoms with Gasteiger partial charge in [-0.05, 0) is 12.1 Å². The average Bonchev–Trinajstić information content (AvgIpc) is 3.29. The molecular formula is C21H19F3N4O3S. The lowest BCUT2D eigenvalue weighted by molar-refractivity contribution is -0.139. The van der Waals surface area contributed by atoms with E-state index in [0.717, 1.165) is 28.1 Å². The van der Waals surface area contributed by atoms with E-state index in [4.69, 9.17) is 0 Å². The lowest BCUT2D eigenvalue weighted by atomic mass is 10.1. The summed E-state index contributed by atoms with van der Waals surface area (Å²) < 4.78 is 66.7. The Hall–Kier alpha value is -3.18. The number of hydrogen-bond acceptors (Lipinski definition) is 4. The number of halogens is 3. The van der Waals surface area contributed by atoms with Gasteiger partial charge in [0, 0.05) is 31.7 Å². The van der Waals surface area contributed by atoms with Crippen molar-refractivity contribution in [1.29, 1.82) is 0 Å². The predicted octanol–water partition coefficient (Wildman–Crippen LogP) is 3.24. The van der Waals surface area contributed by atoms with Crippen LogP contribution >= 0.6 is 0 Å². The van der Waals surface area contributed by atoms with Crippen LogP contribution in [0.4, 0.5) is 13.2 Å².